The summed E-state index contributed by atoms with van der Waals surface area (Å²) in [4.78, 5) is 23.9. The normalized spacial score (nSPS) is 16.9. The highest BCUT2D eigenvalue weighted by atomic mass is 16.6. The molecule has 0 radical (unpaired) electrons. The number of unbranched alkanes of at least 4 members (excludes halogenated alkanes) is 16. The molecule has 1 N–H and O–H groups in total. The topological polar surface area (TPSA) is 85.4 Å². The Morgan fingerprint density at radius 2 is 1.04 bits per heavy atom. The Morgan fingerprint density at radius 1 is 0.587 bits per heavy atom. The predicted octanol–water partition coefficient (Wildman–Crippen LogP) is 10.7. The predicted molar refractivity (Wildman–Crippen MR) is 191 cm³/mol. The molecular weight excluding hydrogens is 576 g/mol. The fourth-order valence-electron chi connectivity index (χ4n) is 5.53. The molecule has 6 heteroatoms. The minimum atomic E-state index is -0.986. The van der Waals surface area contributed by atoms with Gasteiger partial charge in [0.1, 0.15) is 19.3 Å². The van der Waals surface area contributed by atoms with Crippen molar-refractivity contribution in [2.45, 2.75) is 193 Å². The molecule has 1 aliphatic rings. The molecule has 0 aromatic heterocycles. The zero-order valence-electron chi connectivity index (χ0n) is 29.8. The SMILES string of the molecule is CCCCCCCCCCCCCCCCC(=O)OC[C@@H](O)COC(=O)CCC/C=C\C/C=C\C/C=C\CC1OC1CCCCC. The first-order valence-corrected chi connectivity index (χ1v) is 19.2. The number of ether oxygens (including phenoxy) is 3. The zero-order chi connectivity index (χ0) is 33.3. The van der Waals surface area contributed by atoms with Crippen molar-refractivity contribution < 1.29 is 28.9 Å². The number of esters is 2. The smallest absolute Gasteiger partial charge is 0.305 e. The second kappa shape index (κ2) is 31.7. The van der Waals surface area contributed by atoms with Gasteiger partial charge in [0.15, 0.2) is 0 Å². The first-order chi connectivity index (χ1) is 22.6. The van der Waals surface area contributed by atoms with Crippen LogP contribution in [0.2, 0.25) is 0 Å². The second-order valence-corrected chi connectivity index (χ2v) is 13.1. The molecule has 0 aromatic carbocycles. The molecule has 1 rings (SSSR count). The molecule has 3 atom stereocenters. The monoisotopic (exact) mass is 647 g/mol. The van der Waals surface area contributed by atoms with Crippen molar-refractivity contribution in [3.05, 3.63) is 36.5 Å². The van der Waals surface area contributed by atoms with E-state index in [0.29, 0.717) is 31.5 Å². The van der Waals surface area contributed by atoms with E-state index in [4.69, 9.17) is 14.2 Å². The van der Waals surface area contributed by atoms with Gasteiger partial charge in [-0.2, -0.15) is 0 Å². The summed E-state index contributed by atoms with van der Waals surface area (Å²) < 4.78 is 16.0. The van der Waals surface area contributed by atoms with Crippen molar-refractivity contribution in [1.29, 1.82) is 0 Å². The molecule has 46 heavy (non-hydrogen) atoms. The first-order valence-electron chi connectivity index (χ1n) is 19.2. The van der Waals surface area contributed by atoms with E-state index < -0.39 is 6.10 Å². The van der Waals surface area contributed by atoms with Gasteiger partial charge in [-0.05, 0) is 44.9 Å². The van der Waals surface area contributed by atoms with Gasteiger partial charge in [0, 0.05) is 12.8 Å². The van der Waals surface area contributed by atoms with Crippen molar-refractivity contribution in [2.24, 2.45) is 0 Å². The Morgan fingerprint density at radius 3 is 1.61 bits per heavy atom. The van der Waals surface area contributed by atoms with Gasteiger partial charge in [0.2, 0.25) is 0 Å². The molecule has 0 amide bonds. The number of aliphatic hydroxyl groups excluding tert-OH is 1. The minimum Gasteiger partial charge on any atom is -0.463 e. The molecule has 0 aromatic rings. The van der Waals surface area contributed by atoms with E-state index in [1.807, 2.05) is 0 Å². The zero-order valence-corrected chi connectivity index (χ0v) is 29.8. The maximum Gasteiger partial charge on any atom is 0.305 e. The highest BCUT2D eigenvalue weighted by Gasteiger charge is 2.36. The summed E-state index contributed by atoms with van der Waals surface area (Å²) in [6.07, 6.45) is 40.9. The molecule has 1 saturated heterocycles. The summed E-state index contributed by atoms with van der Waals surface area (Å²) in [5.41, 5.74) is 0. The number of epoxide rings is 1. The third-order valence-electron chi connectivity index (χ3n) is 8.55. The van der Waals surface area contributed by atoms with Gasteiger partial charge in [-0.3, -0.25) is 9.59 Å². The van der Waals surface area contributed by atoms with Gasteiger partial charge in [0.05, 0.1) is 12.2 Å². The molecule has 1 aliphatic heterocycles. The van der Waals surface area contributed by atoms with Crippen molar-refractivity contribution in [1.82, 2.24) is 0 Å². The fourth-order valence-corrected chi connectivity index (χ4v) is 5.53. The summed E-state index contributed by atoms with van der Waals surface area (Å²) in [5.74, 6) is -0.631. The van der Waals surface area contributed by atoms with Crippen LogP contribution in [0.25, 0.3) is 0 Å². The number of aliphatic hydroxyl groups is 1. The molecule has 1 heterocycles. The van der Waals surface area contributed by atoms with E-state index >= 15 is 0 Å². The van der Waals surface area contributed by atoms with Crippen molar-refractivity contribution in [3.63, 3.8) is 0 Å². The van der Waals surface area contributed by atoms with Crippen LogP contribution in [0.4, 0.5) is 0 Å². The maximum atomic E-state index is 11.9. The highest BCUT2D eigenvalue weighted by Crippen LogP contribution is 2.30. The summed E-state index contributed by atoms with van der Waals surface area (Å²) in [6, 6.07) is 0. The molecule has 6 nitrogen and oxygen atoms in total. The van der Waals surface area contributed by atoms with Crippen LogP contribution in [0.1, 0.15) is 174 Å². The van der Waals surface area contributed by atoms with Crippen LogP contribution in [0.3, 0.4) is 0 Å². The lowest BCUT2D eigenvalue weighted by Crippen LogP contribution is -2.25. The number of allylic oxidation sites excluding steroid dienone is 5. The summed E-state index contributed by atoms with van der Waals surface area (Å²) >= 11 is 0. The van der Waals surface area contributed by atoms with Gasteiger partial charge in [-0.15, -0.1) is 0 Å². The van der Waals surface area contributed by atoms with Crippen LogP contribution in [0.5, 0.6) is 0 Å². The van der Waals surface area contributed by atoms with E-state index in [0.717, 1.165) is 44.9 Å². The van der Waals surface area contributed by atoms with E-state index in [1.54, 1.807) is 0 Å². The first kappa shape index (κ1) is 42.1. The Kier molecular flexibility index (Phi) is 29.0. The Hall–Kier alpha value is -1.92. The molecule has 266 valence electrons. The van der Waals surface area contributed by atoms with Crippen LogP contribution < -0.4 is 0 Å². The lowest BCUT2D eigenvalue weighted by atomic mass is 10.0. The van der Waals surface area contributed by atoms with Gasteiger partial charge in [-0.25, -0.2) is 0 Å². The lowest BCUT2D eigenvalue weighted by Gasteiger charge is -2.12. The molecular formula is C40H70O6. The second-order valence-electron chi connectivity index (χ2n) is 13.1. The fraction of sp³-hybridized carbons (Fsp3) is 0.800. The number of carbonyl (C=O) groups is 2. The Bertz CT molecular complexity index is 804. The summed E-state index contributed by atoms with van der Waals surface area (Å²) in [6.45, 7) is 4.22. The third kappa shape index (κ3) is 28.3. The van der Waals surface area contributed by atoms with Crippen LogP contribution in [-0.4, -0.2) is 48.6 Å². The quantitative estimate of drug-likeness (QED) is 0.0330. The van der Waals surface area contributed by atoms with E-state index in [-0.39, 0.29) is 25.2 Å². The van der Waals surface area contributed by atoms with Crippen LogP contribution >= 0.6 is 0 Å². The van der Waals surface area contributed by atoms with Crippen molar-refractivity contribution in [3.8, 4) is 0 Å². The molecule has 2 unspecified atom stereocenters. The summed E-state index contributed by atoms with van der Waals surface area (Å²) in [5, 5.41) is 9.99. The van der Waals surface area contributed by atoms with Gasteiger partial charge >= 0.3 is 11.9 Å². The van der Waals surface area contributed by atoms with Crippen molar-refractivity contribution >= 4 is 11.9 Å². The van der Waals surface area contributed by atoms with E-state index in [1.165, 1.54) is 96.3 Å². The maximum absolute atomic E-state index is 11.9. The molecule has 0 spiro atoms. The van der Waals surface area contributed by atoms with Crippen LogP contribution in [-0.2, 0) is 23.8 Å². The van der Waals surface area contributed by atoms with Crippen molar-refractivity contribution in [2.75, 3.05) is 13.2 Å². The van der Waals surface area contributed by atoms with E-state index in [2.05, 4.69) is 50.3 Å². The van der Waals surface area contributed by atoms with Crippen LogP contribution in [0.15, 0.2) is 36.5 Å². The number of rotatable bonds is 33. The standard InChI is InChI=1S/C40H70O6/c1-3-5-7-8-9-10-11-12-13-14-18-21-24-28-32-39(42)44-34-36(41)35-45-40(43)33-29-25-22-19-16-15-17-20-23-27-31-38-37(46-38)30-26-6-4-2/h15,17,19,22-23,27,36-38,41H,3-14,16,18,20-21,24-26,28-35H2,1-2H3/b17-15-,22-19-,27-23-/t36-,37?,38?/m1/s1. The number of hydrogen-bond donors (Lipinski definition) is 1. The minimum absolute atomic E-state index is 0.134. The Labute approximate surface area is 282 Å². The molecule has 1 fully saturated rings. The number of hydrogen-bond acceptors (Lipinski definition) is 6. The summed E-state index contributed by atoms with van der Waals surface area (Å²) in [7, 11) is 0. The molecule has 0 aliphatic carbocycles. The number of carbonyl (C=O) groups excluding carboxylic acids is 2. The Balaban J connectivity index is 1.86. The van der Waals surface area contributed by atoms with Crippen LogP contribution in [0, 0.1) is 0 Å². The highest BCUT2D eigenvalue weighted by molar-refractivity contribution is 5.69. The van der Waals surface area contributed by atoms with Gasteiger partial charge < -0.3 is 19.3 Å². The lowest BCUT2D eigenvalue weighted by molar-refractivity contribution is -0.152. The van der Waals surface area contributed by atoms with Gasteiger partial charge in [0.25, 0.3) is 0 Å². The molecule has 0 bridgehead atoms. The van der Waals surface area contributed by atoms with Gasteiger partial charge in [-0.1, -0.05) is 153 Å². The average Bonchev–Trinajstić information content (AvgIpc) is 3.81. The van der Waals surface area contributed by atoms with E-state index in [9.17, 15) is 14.7 Å². The largest absolute Gasteiger partial charge is 0.463 e. The average molecular weight is 647 g/mol. The third-order valence-corrected chi connectivity index (χ3v) is 8.55. The molecule has 0 saturated carbocycles.